The minimum absolute atomic E-state index is 0.0497. The van der Waals surface area contributed by atoms with Crippen molar-refractivity contribution in [1.29, 1.82) is 0 Å². The van der Waals surface area contributed by atoms with Gasteiger partial charge in [0, 0.05) is 62.2 Å². The lowest BCUT2D eigenvalue weighted by molar-refractivity contribution is -0.131. The first kappa shape index (κ1) is 29.7. The third-order valence-corrected chi connectivity index (χ3v) is 8.97. The molecule has 15 heteroatoms. The zero-order chi connectivity index (χ0) is 33.1. The van der Waals surface area contributed by atoms with E-state index in [0.717, 1.165) is 5.52 Å². The summed E-state index contributed by atoms with van der Waals surface area (Å²) >= 11 is 0. The highest BCUT2D eigenvalue weighted by Gasteiger charge is 2.40. The van der Waals surface area contributed by atoms with E-state index in [1.807, 2.05) is 22.5 Å². The molecule has 6 aromatic rings. The summed E-state index contributed by atoms with van der Waals surface area (Å²) in [6.45, 7) is 3.34. The normalized spacial score (nSPS) is 18.2. The summed E-state index contributed by atoms with van der Waals surface area (Å²) in [5.74, 6) is 0.897. The van der Waals surface area contributed by atoms with Crippen molar-refractivity contribution >= 4 is 39.6 Å². The van der Waals surface area contributed by atoms with Gasteiger partial charge in [0.15, 0.2) is 11.5 Å². The first-order valence-electron chi connectivity index (χ1n) is 15.6. The number of fused-ring (bicyclic) bond motifs is 6. The molecule has 2 atom stereocenters. The van der Waals surface area contributed by atoms with E-state index in [-0.39, 0.29) is 11.9 Å². The van der Waals surface area contributed by atoms with Crippen LogP contribution in [0.5, 0.6) is 5.75 Å². The largest absolute Gasteiger partial charge is 0.494 e. The Labute approximate surface area is 273 Å². The molecule has 1 fully saturated rings. The SMILES string of the molecule is COc1cc(F)ccc1-n1ncc2c(N3C[C@@H]4C[C@H]3C(=O)N(C)CCCn3cnc5cc(F)cc(c53)-c3nc(C)cc(n3)N4)ncnc21. The van der Waals surface area contributed by atoms with Crippen molar-refractivity contribution in [2.45, 2.75) is 38.4 Å². The summed E-state index contributed by atoms with van der Waals surface area (Å²) in [6, 6.07) is 8.14. The Hall–Kier alpha value is -5.73. The first-order valence-corrected chi connectivity index (χ1v) is 15.6. The van der Waals surface area contributed by atoms with E-state index in [0.29, 0.717) is 89.2 Å². The standard InChI is InChI=1S/C33H31F2N11O2/c1-18-9-28-41-21-13-26(33(47)43(2)7-4-8-44-17-38-24-11-20(35)10-22(29(24)44)30(40-18)42-28)45(15-21)31-23-14-39-46(32(23)37-16-36-31)25-6-5-19(34)12-27(25)48-3/h5-6,9-12,14,16-17,21,26H,4,7-8,13,15H2,1-3H3,(H,40,41,42)/t21-,26-/m0/s1. The fourth-order valence-electron chi connectivity index (χ4n) is 6.80. The number of nitrogens with zero attached hydrogens (tertiary/aromatic N) is 10. The quantitative estimate of drug-likeness (QED) is 0.298. The number of aromatic nitrogens is 8. The molecule has 1 N–H and O–H groups in total. The van der Waals surface area contributed by atoms with Crippen LogP contribution in [-0.2, 0) is 11.3 Å². The number of nitrogens with one attached hydrogen (secondary N) is 1. The maximum absolute atomic E-state index is 14.8. The third kappa shape index (κ3) is 5.02. The lowest BCUT2D eigenvalue weighted by Crippen LogP contribution is -2.45. The number of anilines is 2. The molecule has 0 spiro atoms. The lowest BCUT2D eigenvalue weighted by Gasteiger charge is -2.29. The molecule has 4 aromatic heterocycles. The van der Waals surface area contributed by atoms with Crippen LogP contribution in [0, 0.1) is 18.6 Å². The Bertz CT molecular complexity index is 2220. The highest BCUT2D eigenvalue weighted by molar-refractivity contribution is 5.93. The highest BCUT2D eigenvalue weighted by atomic mass is 19.1. The number of halogens is 2. The summed E-state index contributed by atoms with van der Waals surface area (Å²) in [5.41, 5.74) is 3.52. The van der Waals surface area contributed by atoms with Gasteiger partial charge in [0.25, 0.3) is 0 Å². The van der Waals surface area contributed by atoms with Gasteiger partial charge in [0.2, 0.25) is 5.91 Å². The van der Waals surface area contributed by atoms with E-state index in [2.05, 4.69) is 30.4 Å². The zero-order valence-corrected chi connectivity index (χ0v) is 26.4. The van der Waals surface area contributed by atoms with Gasteiger partial charge < -0.3 is 24.4 Å². The van der Waals surface area contributed by atoms with Crippen LogP contribution in [-0.4, -0.2) is 89.4 Å². The Morgan fingerprint density at radius 2 is 1.90 bits per heavy atom. The van der Waals surface area contributed by atoms with Crippen molar-refractivity contribution in [1.82, 2.24) is 44.2 Å². The molecule has 1 amide bonds. The van der Waals surface area contributed by atoms with Crippen LogP contribution in [0.2, 0.25) is 0 Å². The Morgan fingerprint density at radius 1 is 1.02 bits per heavy atom. The van der Waals surface area contributed by atoms with E-state index in [1.54, 1.807) is 35.2 Å². The number of carbonyl (C=O) groups is 1. The molecular formula is C33H31F2N11O2. The van der Waals surface area contributed by atoms with Crippen LogP contribution < -0.4 is 15.0 Å². The number of ether oxygens (including phenoxy) is 1. The molecule has 0 saturated carbocycles. The van der Waals surface area contributed by atoms with Crippen LogP contribution in [0.4, 0.5) is 20.4 Å². The molecule has 0 aliphatic carbocycles. The monoisotopic (exact) mass is 651 g/mol. The molecule has 8 rings (SSSR count). The second-order valence-corrected chi connectivity index (χ2v) is 12.1. The Kier molecular flexibility index (Phi) is 7.11. The summed E-state index contributed by atoms with van der Waals surface area (Å²) in [4.78, 5) is 41.0. The van der Waals surface area contributed by atoms with Crippen LogP contribution in [0.3, 0.4) is 0 Å². The fourth-order valence-corrected chi connectivity index (χ4v) is 6.80. The van der Waals surface area contributed by atoms with Crippen LogP contribution >= 0.6 is 0 Å². The molecule has 244 valence electrons. The summed E-state index contributed by atoms with van der Waals surface area (Å²) in [6.07, 6.45) is 5.89. The predicted octanol–water partition coefficient (Wildman–Crippen LogP) is 4.14. The molecule has 0 radical (unpaired) electrons. The molecule has 6 heterocycles. The zero-order valence-electron chi connectivity index (χ0n) is 26.4. The molecule has 1 saturated heterocycles. The van der Waals surface area contributed by atoms with Gasteiger partial charge >= 0.3 is 0 Å². The first-order chi connectivity index (χ1) is 23.3. The van der Waals surface area contributed by atoms with Crippen molar-refractivity contribution in [3.63, 3.8) is 0 Å². The number of hydrogen-bond donors (Lipinski definition) is 1. The molecule has 48 heavy (non-hydrogen) atoms. The number of rotatable bonds is 3. The summed E-state index contributed by atoms with van der Waals surface area (Å²) in [5, 5.41) is 8.71. The summed E-state index contributed by atoms with van der Waals surface area (Å²) in [7, 11) is 3.27. The second-order valence-electron chi connectivity index (χ2n) is 12.1. The maximum Gasteiger partial charge on any atom is 0.245 e. The Morgan fingerprint density at radius 3 is 2.75 bits per heavy atom. The van der Waals surface area contributed by atoms with Crippen molar-refractivity contribution in [2.75, 3.05) is 37.5 Å². The van der Waals surface area contributed by atoms with E-state index in [9.17, 15) is 13.6 Å². The molecule has 4 bridgehead atoms. The average Bonchev–Trinajstić information content (AvgIpc) is 3.80. The molecule has 13 nitrogen and oxygen atoms in total. The number of benzene rings is 2. The highest BCUT2D eigenvalue weighted by Crippen LogP contribution is 2.35. The van der Waals surface area contributed by atoms with E-state index in [1.165, 1.54) is 37.7 Å². The van der Waals surface area contributed by atoms with Crippen molar-refractivity contribution in [3.05, 3.63) is 72.6 Å². The van der Waals surface area contributed by atoms with E-state index < -0.39 is 17.7 Å². The molecule has 2 aromatic carbocycles. The molecule has 2 aliphatic heterocycles. The number of carbonyl (C=O) groups excluding carboxylic acids is 1. The summed E-state index contributed by atoms with van der Waals surface area (Å²) < 4.78 is 37.7. The smallest absolute Gasteiger partial charge is 0.245 e. The third-order valence-electron chi connectivity index (χ3n) is 8.97. The van der Waals surface area contributed by atoms with Gasteiger partial charge in [0.1, 0.15) is 47.1 Å². The van der Waals surface area contributed by atoms with Gasteiger partial charge in [-0.25, -0.2) is 38.4 Å². The predicted molar refractivity (Wildman–Crippen MR) is 174 cm³/mol. The number of likely N-dealkylation sites (N-methyl/N-ethyl adjacent to an activating group) is 1. The minimum Gasteiger partial charge on any atom is -0.494 e. The van der Waals surface area contributed by atoms with Gasteiger partial charge in [-0.3, -0.25) is 4.79 Å². The Balaban J connectivity index is 1.21. The van der Waals surface area contributed by atoms with E-state index in [4.69, 9.17) is 9.72 Å². The van der Waals surface area contributed by atoms with Gasteiger partial charge in [0.05, 0.1) is 36.1 Å². The number of imidazole rings is 1. The lowest BCUT2D eigenvalue weighted by atomic mass is 10.1. The van der Waals surface area contributed by atoms with Crippen LogP contribution in [0.25, 0.3) is 39.1 Å². The van der Waals surface area contributed by atoms with Crippen LogP contribution in [0.15, 0.2) is 55.2 Å². The number of methoxy groups -OCH3 is 1. The molecular weight excluding hydrogens is 620 g/mol. The molecule has 0 unspecified atom stereocenters. The van der Waals surface area contributed by atoms with Crippen molar-refractivity contribution in [3.8, 4) is 22.8 Å². The minimum atomic E-state index is -0.548. The second kappa shape index (κ2) is 11.5. The maximum atomic E-state index is 14.8. The van der Waals surface area contributed by atoms with Crippen molar-refractivity contribution in [2.24, 2.45) is 0 Å². The fraction of sp³-hybridized carbons (Fsp3) is 0.303. The van der Waals surface area contributed by atoms with E-state index >= 15 is 0 Å². The van der Waals surface area contributed by atoms with Gasteiger partial charge in [-0.05, 0) is 38.0 Å². The topological polar surface area (TPSA) is 132 Å². The van der Waals surface area contributed by atoms with Crippen molar-refractivity contribution < 1.29 is 18.3 Å². The number of amides is 1. The number of hydrogen-bond acceptors (Lipinski definition) is 10. The van der Waals surface area contributed by atoms with Gasteiger partial charge in [-0.1, -0.05) is 0 Å². The average molecular weight is 652 g/mol. The molecule has 2 aliphatic rings. The van der Waals surface area contributed by atoms with Gasteiger partial charge in [-0.2, -0.15) is 5.10 Å². The number of aryl methyl sites for hydroxylation is 2. The van der Waals surface area contributed by atoms with Gasteiger partial charge in [-0.15, -0.1) is 0 Å². The van der Waals surface area contributed by atoms with Crippen LogP contribution in [0.1, 0.15) is 18.5 Å².